The van der Waals surface area contributed by atoms with Gasteiger partial charge in [0.1, 0.15) is 10.8 Å². The van der Waals surface area contributed by atoms with Crippen molar-refractivity contribution in [2.24, 2.45) is 0 Å². The zero-order valence-corrected chi connectivity index (χ0v) is 13.7. The fourth-order valence-electron chi connectivity index (χ4n) is 2.32. The lowest BCUT2D eigenvalue weighted by molar-refractivity contribution is -0.121. The van der Waals surface area contributed by atoms with Crippen LogP contribution in [0, 0.1) is 6.92 Å². The van der Waals surface area contributed by atoms with Crippen LogP contribution in [0.25, 0.3) is 10.8 Å². The maximum atomic E-state index is 11.9. The molecule has 1 N–H and O–H groups in total. The highest BCUT2D eigenvalue weighted by molar-refractivity contribution is 7.09. The molecular formula is C18H18N2O2S. The van der Waals surface area contributed by atoms with E-state index in [1.54, 1.807) is 11.3 Å². The number of rotatable bonds is 6. The van der Waals surface area contributed by atoms with E-state index in [1.165, 1.54) is 0 Å². The van der Waals surface area contributed by atoms with Crippen LogP contribution in [-0.4, -0.2) is 17.5 Å². The molecule has 0 fully saturated rings. The van der Waals surface area contributed by atoms with Crippen molar-refractivity contribution >= 4 is 28.0 Å². The number of nitrogens with zero attached hydrogens (tertiary/aromatic N) is 1. The summed E-state index contributed by atoms with van der Waals surface area (Å²) in [4.78, 5) is 16.2. The first-order valence-electron chi connectivity index (χ1n) is 7.50. The van der Waals surface area contributed by atoms with E-state index in [9.17, 15) is 4.79 Å². The van der Waals surface area contributed by atoms with Crippen LogP contribution in [0.15, 0.2) is 47.8 Å². The highest BCUT2D eigenvalue weighted by Gasteiger charge is 2.06. The normalized spacial score (nSPS) is 10.7. The van der Waals surface area contributed by atoms with E-state index in [2.05, 4.69) is 10.3 Å². The number of carbonyl (C=O) groups is 1. The Bertz CT molecular complexity index is 808. The molecule has 0 saturated heterocycles. The van der Waals surface area contributed by atoms with E-state index in [0.29, 0.717) is 19.6 Å². The van der Waals surface area contributed by atoms with E-state index in [0.717, 1.165) is 27.2 Å². The van der Waals surface area contributed by atoms with Gasteiger partial charge in [0.2, 0.25) is 5.91 Å². The number of nitrogens with one attached hydrogen (secondary N) is 1. The molecule has 0 bridgehead atoms. The summed E-state index contributed by atoms with van der Waals surface area (Å²) in [5.74, 6) is 0.782. The van der Waals surface area contributed by atoms with Crippen LogP contribution in [0.1, 0.15) is 17.1 Å². The molecule has 0 spiro atoms. The minimum Gasteiger partial charge on any atom is -0.492 e. The maximum absolute atomic E-state index is 11.9. The van der Waals surface area contributed by atoms with Gasteiger partial charge in [-0.2, -0.15) is 0 Å². The number of aromatic nitrogens is 1. The van der Waals surface area contributed by atoms with Crippen LogP contribution in [0.2, 0.25) is 0 Å². The second kappa shape index (κ2) is 7.24. The average Bonchev–Trinajstić information content (AvgIpc) is 2.99. The lowest BCUT2D eigenvalue weighted by Gasteiger charge is -2.09. The van der Waals surface area contributed by atoms with Gasteiger partial charge in [-0.3, -0.25) is 4.79 Å². The number of aryl methyl sites for hydroxylation is 1. The first-order valence-corrected chi connectivity index (χ1v) is 8.38. The Labute approximate surface area is 139 Å². The van der Waals surface area contributed by atoms with Gasteiger partial charge in [0.15, 0.2) is 0 Å². The molecule has 0 saturated carbocycles. The molecular weight excluding hydrogens is 308 g/mol. The van der Waals surface area contributed by atoms with Crippen molar-refractivity contribution in [2.75, 3.05) is 6.61 Å². The molecule has 1 amide bonds. The van der Waals surface area contributed by atoms with E-state index < -0.39 is 0 Å². The predicted octanol–water partition coefficient (Wildman–Crippen LogP) is 3.69. The summed E-state index contributed by atoms with van der Waals surface area (Å²) in [7, 11) is 0. The molecule has 0 atom stereocenters. The van der Waals surface area contributed by atoms with Gasteiger partial charge in [-0.15, -0.1) is 11.3 Å². The number of carbonyl (C=O) groups excluding carboxylic acids is 1. The summed E-state index contributed by atoms with van der Waals surface area (Å²) < 4.78 is 5.77. The van der Waals surface area contributed by atoms with Crippen LogP contribution in [0.3, 0.4) is 0 Å². The third-order valence-corrected chi connectivity index (χ3v) is 4.41. The van der Waals surface area contributed by atoms with Crippen molar-refractivity contribution in [1.82, 2.24) is 10.3 Å². The Balaban J connectivity index is 1.49. The van der Waals surface area contributed by atoms with Gasteiger partial charge < -0.3 is 10.1 Å². The molecule has 118 valence electrons. The summed E-state index contributed by atoms with van der Waals surface area (Å²) in [5.41, 5.74) is 0.985. The molecule has 1 heterocycles. The van der Waals surface area contributed by atoms with E-state index in [-0.39, 0.29) is 5.91 Å². The average molecular weight is 326 g/mol. The molecule has 23 heavy (non-hydrogen) atoms. The van der Waals surface area contributed by atoms with Crippen molar-refractivity contribution in [3.05, 3.63) is 58.5 Å². The lowest BCUT2D eigenvalue weighted by atomic mass is 10.1. The lowest BCUT2D eigenvalue weighted by Crippen LogP contribution is -2.24. The molecule has 0 aliphatic rings. The number of fused-ring (bicyclic) bond motifs is 1. The zero-order valence-electron chi connectivity index (χ0n) is 12.9. The summed E-state index contributed by atoms with van der Waals surface area (Å²) in [6, 6.07) is 14.0. The Hall–Kier alpha value is -2.40. The molecule has 3 rings (SSSR count). The molecule has 0 aliphatic carbocycles. The minimum absolute atomic E-state index is 0.0295. The second-order valence-corrected chi connectivity index (χ2v) is 6.18. The first kappa shape index (κ1) is 15.5. The Morgan fingerprint density at radius 3 is 2.87 bits per heavy atom. The van der Waals surface area contributed by atoms with Crippen molar-refractivity contribution in [2.45, 2.75) is 19.9 Å². The predicted molar refractivity (Wildman–Crippen MR) is 92.8 cm³/mol. The SMILES string of the molecule is Cc1csc(CNC(=O)CCOc2cccc3ccccc23)n1. The third-order valence-electron chi connectivity index (χ3n) is 3.44. The summed E-state index contributed by atoms with van der Waals surface area (Å²) >= 11 is 1.56. The van der Waals surface area contributed by atoms with Gasteiger partial charge in [-0.05, 0) is 18.4 Å². The van der Waals surface area contributed by atoms with Gasteiger partial charge in [0.25, 0.3) is 0 Å². The van der Waals surface area contributed by atoms with Gasteiger partial charge in [-0.25, -0.2) is 4.98 Å². The minimum atomic E-state index is -0.0295. The van der Waals surface area contributed by atoms with Gasteiger partial charge in [0, 0.05) is 16.5 Å². The van der Waals surface area contributed by atoms with Gasteiger partial charge >= 0.3 is 0 Å². The zero-order chi connectivity index (χ0) is 16.1. The van der Waals surface area contributed by atoms with E-state index in [1.807, 2.05) is 54.8 Å². The third kappa shape index (κ3) is 4.07. The van der Waals surface area contributed by atoms with Crippen molar-refractivity contribution < 1.29 is 9.53 Å². The monoisotopic (exact) mass is 326 g/mol. The molecule has 0 aliphatic heterocycles. The van der Waals surface area contributed by atoms with Crippen LogP contribution in [0.4, 0.5) is 0 Å². The standard InChI is InChI=1S/C18H18N2O2S/c1-13-12-23-18(20-13)11-19-17(21)9-10-22-16-8-4-6-14-5-2-3-7-15(14)16/h2-8,12H,9-11H2,1H3,(H,19,21). The van der Waals surface area contributed by atoms with Crippen LogP contribution < -0.4 is 10.1 Å². The fraction of sp³-hybridized carbons (Fsp3) is 0.222. The molecule has 3 aromatic rings. The van der Waals surface area contributed by atoms with E-state index in [4.69, 9.17) is 4.74 Å². The number of thiazole rings is 1. The fourth-order valence-corrected chi connectivity index (χ4v) is 3.03. The maximum Gasteiger partial charge on any atom is 0.223 e. The van der Waals surface area contributed by atoms with Crippen molar-refractivity contribution in [3.8, 4) is 5.75 Å². The number of hydrogen-bond donors (Lipinski definition) is 1. The van der Waals surface area contributed by atoms with Crippen molar-refractivity contribution in [3.63, 3.8) is 0 Å². The summed E-state index contributed by atoms with van der Waals surface area (Å²) in [5, 5.41) is 7.96. The molecule has 0 unspecified atom stereocenters. The Kier molecular flexibility index (Phi) is 4.88. The van der Waals surface area contributed by atoms with Crippen LogP contribution >= 0.6 is 11.3 Å². The smallest absolute Gasteiger partial charge is 0.223 e. The van der Waals surface area contributed by atoms with Gasteiger partial charge in [0.05, 0.1) is 19.6 Å². The number of amides is 1. The first-order chi connectivity index (χ1) is 11.2. The molecule has 5 heteroatoms. The Morgan fingerprint density at radius 1 is 1.22 bits per heavy atom. The van der Waals surface area contributed by atoms with Gasteiger partial charge in [-0.1, -0.05) is 36.4 Å². The summed E-state index contributed by atoms with van der Waals surface area (Å²) in [6.45, 7) is 2.78. The summed E-state index contributed by atoms with van der Waals surface area (Å²) in [6.07, 6.45) is 0.327. The van der Waals surface area contributed by atoms with Crippen LogP contribution in [-0.2, 0) is 11.3 Å². The number of hydrogen-bond acceptors (Lipinski definition) is 4. The molecule has 1 aromatic heterocycles. The Morgan fingerprint density at radius 2 is 2.04 bits per heavy atom. The van der Waals surface area contributed by atoms with E-state index >= 15 is 0 Å². The molecule has 2 aromatic carbocycles. The second-order valence-electron chi connectivity index (χ2n) is 5.24. The number of benzene rings is 2. The highest BCUT2D eigenvalue weighted by atomic mass is 32.1. The topological polar surface area (TPSA) is 51.2 Å². The number of ether oxygens (including phenoxy) is 1. The molecule has 4 nitrogen and oxygen atoms in total. The van der Waals surface area contributed by atoms with Crippen LogP contribution in [0.5, 0.6) is 5.75 Å². The largest absolute Gasteiger partial charge is 0.492 e. The highest BCUT2D eigenvalue weighted by Crippen LogP contribution is 2.25. The van der Waals surface area contributed by atoms with Crippen molar-refractivity contribution in [1.29, 1.82) is 0 Å². The quantitative estimate of drug-likeness (QED) is 0.751. The molecule has 0 radical (unpaired) electrons.